The minimum Gasteiger partial charge on any atom is -0.295 e. The molecule has 0 unspecified atom stereocenters. The van der Waals surface area contributed by atoms with Crippen molar-refractivity contribution in [2.24, 2.45) is 5.10 Å². The first-order chi connectivity index (χ1) is 12.0. The molecule has 1 heterocycles. The number of benzene rings is 2. The lowest BCUT2D eigenvalue weighted by atomic mass is 10.1. The van der Waals surface area contributed by atoms with Crippen LogP contribution in [0, 0.1) is 20.8 Å². The van der Waals surface area contributed by atoms with Crippen molar-refractivity contribution in [3.8, 4) is 5.69 Å². The first-order valence-electron chi connectivity index (χ1n) is 7.89. The molecule has 0 atom stereocenters. The Bertz CT molecular complexity index is 1000. The van der Waals surface area contributed by atoms with Gasteiger partial charge in [-0.05, 0) is 62.2 Å². The Morgan fingerprint density at radius 1 is 1.12 bits per heavy atom. The van der Waals surface area contributed by atoms with Crippen molar-refractivity contribution < 1.29 is 0 Å². The van der Waals surface area contributed by atoms with Crippen molar-refractivity contribution in [1.29, 1.82) is 0 Å². The van der Waals surface area contributed by atoms with Crippen molar-refractivity contribution >= 4 is 23.5 Å². The fraction of sp³-hybridized carbons (Fsp3) is 0.158. The van der Waals surface area contributed by atoms with Crippen LogP contribution in [0.15, 0.2) is 52.4 Å². The van der Waals surface area contributed by atoms with Crippen molar-refractivity contribution in [3.05, 3.63) is 80.2 Å². The van der Waals surface area contributed by atoms with Gasteiger partial charge in [0.1, 0.15) is 0 Å². The van der Waals surface area contributed by atoms with Gasteiger partial charge in [-0.3, -0.25) is 15.3 Å². The van der Waals surface area contributed by atoms with E-state index in [9.17, 15) is 4.79 Å². The predicted octanol–water partition coefficient (Wildman–Crippen LogP) is 4.19. The first-order valence-corrected chi connectivity index (χ1v) is 8.27. The third kappa shape index (κ3) is 3.67. The second-order valence-electron chi connectivity index (χ2n) is 5.94. The summed E-state index contributed by atoms with van der Waals surface area (Å²) in [5.74, 6) is 0. The van der Waals surface area contributed by atoms with E-state index in [0.717, 1.165) is 22.6 Å². The smallest absolute Gasteiger partial charge is 0.280 e. The molecule has 3 rings (SSSR count). The molecular weight excluding hydrogens is 336 g/mol. The van der Waals surface area contributed by atoms with Crippen LogP contribution < -0.4 is 11.0 Å². The van der Waals surface area contributed by atoms with Crippen LogP contribution in [0.3, 0.4) is 0 Å². The van der Waals surface area contributed by atoms with Crippen molar-refractivity contribution in [2.45, 2.75) is 20.8 Å². The molecule has 0 amide bonds. The normalized spacial score (nSPS) is 11.2. The Labute approximate surface area is 150 Å². The lowest BCUT2D eigenvalue weighted by Gasteiger charge is -2.05. The Kier molecular flexibility index (Phi) is 4.76. The largest absolute Gasteiger partial charge is 0.295 e. The number of H-pyrrole nitrogens is 1. The number of aryl methyl sites for hydroxylation is 3. The average Bonchev–Trinajstić information content (AvgIpc) is 2.85. The van der Waals surface area contributed by atoms with Crippen molar-refractivity contribution in [1.82, 2.24) is 9.78 Å². The van der Waals surface area contributed by atoms with E-state index in [1.54, 1.807) is 12.1 Å². The minimum absolute atomic E-state index is 0.141. The van der Waals surface area contributed by atoms with Gasteiger partial charge in [0.15, 0.2) is 0 Å². The second-order valence-corrected chi connectivity index (χ2v) is 6.38. The van der Waals surface area contributed by atoms with E-state index in [0.29, 0.717) is 10.6 Å². The average molecular weight is 355 g/mol. The number of aromatic amines is 1. The molecule has 0 aliphatic carbocycles. The maximum absolute atomic E-state index is 12.7. The SMILES string of the molecule is Cc1ccc(-n2[nH]c(C)c(/C=N/Nc3cccc(Cl)c3)c2=O)cc1C. The van der Waals surface area contributed by atoms with Crippen molar-refractivity contribution in [3.63, 3.8) is 0 Å². The molecule has 0 aliphatic heterocycles. The molecule has 0 bridgehead atoms. The Morgan fingerprint density at radius 2 is 1.92 bits per heavy atom. The molecule has 0 aliphatic rings. The molecule has 2 N–H and O–H groups in total. The monoisotopic (exact) mass is 354 g/mol. The number of aromatic nitrogens is 2. The van der Waals surface area contributed by atoms with Crippen LogP contribution in [0.1, 0.15) is 22.4 Å². The summed E-state index contributed by atoms with van der Waals surface area (Å²) >= 11 is 5.94. The highest BCUT2D eigenvalue weighted by Gasteiger charge is 2.11. The fourth-order valence-electron chi connectivity index (χ4n) is 2.49. The van der Waals surface area contributed by atoms with Crippen LogP contribution in [0.5, 0.6) is 0 Å². The quantitative estimate of drug-likeness (QED) is 0.545. The lowest BCUT2D eigenvalue weighted by Crippen LogP contribution is -2.17. The zero-order valence-corrected chi connectivity index (χ0v) is 15.1. The standard InChI is InChI=1S/C19H19ClN4O/c1-12-7-8-17(9-13(12)2)24-19(25)18(14(3)23-24)11-21-22-16-6-4-5-15(20)10-16/h4-11,22-23H,1-3H3/b21-11+. The second kappa shape index (κ2) is 6.99. The number of hydrogen-bond acceptors (Lipinski definition) is 3. The highest BCUT2D eigenvalue weighted by Crippen LogP contribution is 2.15. The third-order valence-electron chi connectivity index (χ3n) is 4.08. The number of nitrogens with zero attached hydrogens (tertiary/aromatic N) is 2. The van der Waals surface area contributed by atoms with E-state index in [1.165, 1.54) is 16.5 Å². The molecule has 0 saturated heterocycles. The molecule has 5 nitrogen and oxygen atoms in total. The number of rotatable bonds is 4. The Hall–Kier alpha value is -2.79. The number of nitrogens with one attached hydrogen (secondary N) is 2. The van der Waals surface area contributed by atoms with Gasteiger partial charge in [-0.15, -0.1) is 0 Å². The summed E-state index contributed by atoms with van der Waals surface area (Å²) < 4.78 is 1.53. The fourth-order valence-corrected chi connectivity index (χ4v) is 2.68. The van der Waals surface area contributed by atoms with Gasteiger partial charge < -0.3 is 0 Å². The van der Waals surface area contributed by atoms with Crippen LogP contribution in [-0.2, 0) is 0 Å². The molecule has 3 aromatic rings. The van der Waals surface area contributed by atoms with Gasteiger partial charge in [-0.25, -0.2) is 4.68 Å². The van der Waals surface area contributed by atoms with Crippen LogP contribution >= 0.6 is 11.6 Å². The minimum atomic E-state index is -0.141. The number of hydrazone groups is 1. The highest BCUT2D eigenvalue weighted by atomic mass is 35.5. The van der Waals surface area contributed by atoms with Crippen molar-refractivity contribution in [2.75, 3.05) is 5.43 Å². The molecule has 0 saturated carbocycles. The summed E-state index contributed by atoms with van der Waals surface area (Å²) in [5.41, 5.74) is 7.87. The lowest BCUT2D eigenvalue weighted by molar-refractivity contribution is 0.833. The summed E-state index contributed by atoms with van der Waals surface area (Å²) in [6.07, 6.45) is 1.52. The summed E-state index contributed by atoms with van der Waals surface area (Å²) in [5, 5.41) is 7.86. The highest BCUT2D eigenvalue weighted by molar-refractivity contribution is 6.30. The summed E-state index contributed by atoms with van der Waals surface area (Å²) in [7, 11) is 0. The number of halogens is 1. The molecule has 25 heavy (non-hydrogen) atoms. The van der Waals surface area contributed by atoms with E-state index in [4.69, 9.17) is 11.6 Å². The maximum Gasteiger partial charge on any atom is 0.280 e. The first kappa shape index (κ1) is 17.0. The van der Waals surface area contributed by atoms with E-state index in [1.807, 2.05) is 51.1 Å². The molecule has 0 fully saturated rings. The predicted molar refractivity (Wildman–Crippen MR) is 103 cm³/mol. The molecule has 0 spiro atoms. The number of anilines is 1. The summed E-state index contributed by atoms with van der Waals surface area (Å²) in [6.45, 7) is 5.91. The van der Waals surface area contributed by atoms with Gasteiger partial charge in [0.25, 0.3) is 5.56 Å². The van der Waals surface area contributed by atoms with Crippen LogP contribution in [0.25, 0.3) is 5.69 Å². The maximum atomic E-state index is 12.7. The van der Waals surface area contributed by atoms with E-state index in [-0.39, 0.29) is 5.56 Å². The topological polar surface area (TPSA) is 62.2 Å². The molecule has 0 radical (unpaired) electrons. The number of hydrogen-bond donors (Lipinski definition) is 2. The zero-order chi connectivity index (χ0) is 18.0. The Balaban J connectivity index is 1.88. The van der Waals surface area contributed by atoms with Crippen LogP contribution in [0.2, 0.25) is 5.02 Å². The van der Waals surface area contributed by atoms with Gasteiger partial charge in [0.2, 0.25) is 0 Å². The van der Waals surface area contributed by atoms with Gasteiger partial charge in [-0.2, -0.15) is 5.10 Å². The zero-order valence-electron chi connectivity index (χ0n) is 14.3. The van der Waals surface area contributed by atoms with Gasteiger partial charge in [-0.1, -0.05) is 23.7 Å². The van der Waals surface area contributed by atoms with E-state index in [2.05, 4.69) is 15.6 Å². The van der Waals surface area contributed by atoms with E-state index < -0.39 is 0 Å². The summed E-state index contributed by atoms with van der Waals surface area (Å²) in [6, 6.07) is 13.1. The molecular formula is C19H19ClN4O. The van der Waals surface area contributed by atoms with E-state index >= 15 is 0 Å². The third-order valence-corrected chi connectivity index (χ3v) is 4.31. The molecule has 128 valence electrons. The molecule has 1 aromatic heterocycles. The Morgan fingerprint density at radius 3 is 2.64 bits per heavy atom. The summed E-state index contributed by atoms with van der Waals surface area (Å²) in [4.78, 5) is 12.7. The van der Waals surface area contributed by atoms with Crippen LogP contribution in [0.4, 0.5) is 5.69 Å². The molecule has 6 heteroatoms. The van der Waals surface area contributed by atoms with Crippen LogP contribution in [-0.4, -0.2) is 16.0 Å². The molecule has 2 aromatic carbocycles. The van der Waals surface area contributed by atoms with Gasteiger partial charge in [0, 0.05) is 10.7 Å². The van der Waals surface area contributed by atoms with Gasteiger partial charge >= 0.3 is 0 Å². The van der Waals surface area contributed by atoms with Gasteiger partial charge in [0.05, 0.1) is 23.2 Å².